The Morgan fingerprint density at radius 2 is 2.00 bits per heavy atom. The smallest absolute Gasteiger partial charge is 0.387 e. The molecule has 0 spiro atoms. The largest absolute Gasteiger partial charge is 0.435 e. The average molecular weight is 270 g/mol. The van der Waals surface area contributed by atoms with Crippen molar-refractivity contribution in [2.24, 2.45) is 0 Å². The number of hydrogen-bond acceptors (Lipinski definition) is 3. The molecule has 1 N–H and O–H groups in total. The SMILES string of the molecule is Cc1ccc(C(O)c2cccc(OC(F)F)c2)s1. The van der Waals surface area contributed by atoms with Crippen molar-refractivity contribution in [3.8, 4) is 5.75 Å². The number of hydrogen-bond donors (Lipinski definition) is 1. The maximum Gasteiger partial charge on any atom is 0.387 e. The normalized spacial score (nSPS) is 12.7. The highest BCUT2D eigenvalue weighted by Crippen LogP contribution is 2.30. The molecule has 0 saturated heterocycles. The number of aliphatic hydroxyl groups excluding tert-OH is 1. The molecule has 96 valence electrons. The lowest BCUT2D eigenvalue weighted by Gasteiger charge is -2.11. The molecule has 0 amide bonds. The van der Waals surface area contributed by atoms with Crippen LogP contribution in [0.25, 0.3) is 0 Å². The molecule has 0 saturated carbocycles. The van der Waals surface area contributed by atoms with Gasteiger partial charge in [0, 0.05) is 9.75 Å². The summed E-state index contributed by atoms with van der Waals surface area (Å²) in [6.45, 7) is -0.918. The van der Waals surface area contributed by atoms with E-state index < -0.39 is 12.7 Å². The van der Waals surface area contributed by atoms with Crippen molar-refractivity contribution in [1.29, 1.82) is 0 Å². The number of alkyl halides is 2. The lowest BCUT2D eigenvalue weighted by Crippen LogP contribution is -2.03. The van der Waals surface area contributed by atoms with E-state index in [0.29, 0.717) is 5.56 Å². The highest BCUT2D eigenvalue weighted by atomic mass is 32.1. The first-order valence-corrected chi connectivity index (χ1v) is 6.17. The standard InChI is InChI=1S/C13H12F2O2S/c1-8-5-6-11(18-8)12(16)9-3-2-4-10(7-9)17-13(14)15/h2-7,12-13,16H,1H3. The van der Waals surface area contributed by atoms with Crippen molar-refractivity contribution in [3.05, 3.63) is 51.7 Å². The summed E-state index contributed by atoms with van der Waals surface area (Å²) in [6, 6.07) is 9.84. The Morgan fingerprint density at radius 1 is 1.22 bits per heavy atom. The summed E-state index contributed by atoms with van der Waals surface area (Å²) in [5.41, 5.74) is 0.537. The zero-order valence-electron chi connectivity index (χ0n) is 9.64. The minimum atomic E-state index is -2.86. The predicted octanol–water partition coefficient (Wildman–Crippen LogP) is 3.74. The topological polar surface area (TPSA) is 29.5 Å². The van der Waals surface area contributed by atoms with Crippen molar-refractivity contribution in [2.75, 3.05) is 0 Å². The molecule has 2 nitrogen and oxygen atoms in total. The zero-order valence-corrected chi connectivity index (χ0v) is 10.5. The number of benzene rings is 1. The molecule has 1 aromatic carbocycles. The Balaban J connectivity index is 2.22. The molecule has 1 aromatic heterocycles. The van der Waals surface area contributed by atoms with Crippen LogP contribution in [-0.2, 0) is 0 Å². The minimum Gasteiger partial charge on any atom is -0.435 e. The van der Waals surface area contributed by atoms with Gasteiger partial charge in [-0.1, -0.05) is 12.1 Å². The van der Waals surface area contributed by atoms with Crippen LogP contribution in [0.2, 0.25) is 0 Å². The predicted molar refractivity (Wildman–Crippen MR) is 66.2 cm³/mol. The zero-order chi connectivity index (χ0) is 13.1. The number of ether oxygens (including phenoxy) is 1. The van der Waals surface area contributed by atoms with Crippen molar-refractivity contribution in [2.45, 2.75) is 19.6 Å². The lowest BCUT2D eigenvalue weighted by atomic mass is 10.1. The first-order valence-electron chi connectivity index (χ1n) is 5.35. The molecule has 0 bridgehead atoms. The van der Waals surface area contributed by atoms with Gasteiger partial charge in [0.15, 0.2) is 0 Å². The van der Waals surface area contributed by atoms with E-state index in [1.807, 2.05) is 19.1 Å². The first kappa shape index (κ1) is 13.0. The molecule has 5 heteroatoms. The summed E-state index contributed by atoms with van der Waals surface area (Å²) in [4.78, 5) is 1.87. The van der Waals surface area contributed by atoms with Crippen molar-refractivity contribution >= 4 is 11.3 Å². The van der Waals surface area contributed by atoms with E-state index in [-0.39, 0.29) is 5.75 Å². The monoisotopic (exact) mass is 270 g/mol. The van der Waals surface area contributed by atoms with Gasteiger partial charge in [-0.2, -0.15) is 8.78 Å². The quantitative estimate of drug-likeness (QED) is 0.917. The van der Waals surface area contributed by atoms with E-state index in [0.717, 1.165) is 9.75 Å². The van der Waals surface area contributed by atoms with Crippen LogP contribution < -0.4 is 4.74 Å². The number of halogens is 2. The van der Waals surface area contributed by atoms with Crippen LogP contribution in [0.1, 0.15) is 21.4 Å². The molecule has 2 aromatic rings. The van der Waals surface area contributed by atoms with Gasteiger partial charge in [0.2, 0.25) is 0 Å². The van der Waals surface area contributed by atoms with Gasteiger partial charge in [-0.25, -0.2) is 0 Å². The first-order chi connectivity index (χ1) is 8.56. The summed E-state index contributed by atoms with van der Waals surface area (Å²) in [6.07, 6.45) is -0.815. The van der Waals surface area contributed by atoms with Gasteiger partial charge in [-0.05, 0) is 36.8 Å². The third kappa shape index (κ3) is 3.05. The molecule has 1 atom stereocenters. The maximum absolute atomic E-state index is 12.1. The highest BCUT2D eigenvalue weighted by Gasteiger charge is 2.14. The fourth-order valence-electron chi connectivity index (χ4n) is 1.63. The van der Waals surface area contributed by atoms with Crippen LogP contribution in [0.4, 0.5) is 8.78 Å². The molecule has 2 rings (SSSR count). The fraction of sp³-hybridized carbons (Fsp3) is 0.231. The van der Waals surface area contributed by atoms with E-state index in [1.165, 1.54) is 23.5 Å². The molecule has 0 aliphatic carbocycles. The second-order valence-electron chi connectivity index (χ2n) is 3.80. The number of rotatable bonds is 4. The van der Waals surface area contributed by atoms with Gasteiger partial charge >= 0.3 is 6.61 Å². The van der Waals surface area contributed by atoms with Gasteiger partial charge in [-0.3, -0.25) is 0 Å². The molecular formula is C13H12F2O2S. The molecule has 0 fully saturated rings. The van der Waals surface area contributed by atoms with Crippen LogP contribution in [0.15, 0.2) is 36.4 Å². The van der Waals surface area contributed by atoms with Crippen molar-refractivity contribution < 1.29 is 18.6 Å². The summed E-state index contributed by atoms with van der Waals surface area (Å²) >= 11 is 1.47. The third-order valence-electron chi connectivity index (χ3n) is 2.43. The molecular weight excluding hydrogens is 258 g/mol. The van der Waals surface area contributed by atoms with Crippen LogP contribution in [0.5, 0.6) is 5.75 Å². The number of aliphatic hydroxyl groups is 1. The summed E-state index contributed by atoms with van der Waals surface area (Å²) < 4.78 is 28.5. The minimum absolute atomic E-state index is 0.0508. The van der Waals surface area contributed by atoms with Gasteiger partial charge in [-0.15, -0.1) is 11.3 Å². The summed E-state index contributed by atoms with van der Waals surface area (Å²) in [7, 11) is 0. The van der Waals surface area contributed by atoms with E-state index in [9.17, 15) is 13.9 Å². The second kappa shape index (κ2) is 5.46. The van der Waals surface area contributed by atoms with Crippen molar-refractivity contribution in [3.63, 3.8) is 0 Å². The van der Waals surface area contributed by atoms with Crippen LogP contribution in [0.3, 0.4) is 0 Å². The molecule has 18 heavy (non-hydrogen) atoms. The van der Waals surface area contributed by atoms with Crippen LogP contribution in [-0.4, -0.2) is 11.7 Å². The van der Waals surface area contributed by atoms with Gasteiger partial charge in [0.25, 0.3) is 0 Å². The molecule has 1 heterocycles. The Kier molecular flexibility index (Phi) is 3.93. The van der Waals surface area contributed by atoms with E-state index in [2.05, 4.69) is 4.74 Å². The Hall–Kier alpha value is -1.46. The number of aryl methyl sites for hydroxylation is 1. The van der Waals surface area contributed by atoms with Gasteiger partial charge in [0.1, 0.15) is 11.9 Å². The summed E-state index contributed by atoms with van der Waals surface area (Å²) in [5.74, 6) is 0.0508. The van der Waals surface area contributed by atoms with Crippen LogP contribution in [0, 0.1) is 6.92 Å². The maximum atomic E-state index is 12.1. The summed E-state index contributed by atoms with van der Waals surface area (Å²) in [5, 5.41) is 10.1. The molecule has 0 aliphatic heterocycles. The lowest BCUT2D eigenvalue weighted by molar-refractivity contribution is -0.0499. The third-order valence-corrected chi connectivity index (χ3v) is 3.48. The Bertz CT molecular complexity index is 525. The highest BCUT2D eigenvalue weighted by molar-refractivity contribution is 7.12. The molecule has 1 unspecified atom stereocenters. The van der Waals surface area contributed by atoms with Gasteiger partial charge in [0.05, 0.1) is 0 Å². The van der Waals surface area contributed by atoms with E-state index in [1.54, 1.807) is 12.1 Å². The second-order valence-corrected chi connectivity index (χ2v) is 5.12. The molecule has 0 radical (unpaired) electrons. The van der Waals surface area contributed by atoms with Crippen molar-refractivity contribution in [1.82, 2.24) is 0 Å². The van der Waals surface area contributed by atoms with Gasteiger partial charge < -0.3 is 9.84 Å². The average Bonchev–Trinajstić information content (AvgIpc) is 2.74. The van der Waals surface area contributed by atoms with E-state index in [4.69, 9.17) is 0 Å². The van der Waals surface area contributed by atoms with Crippen LogP contribution >= 0.6 is 11.3 Å². The van der Waals surface area contributed by atoms with E-state index >= 15 is 0 Å². The Morgan fingerprint density at radius 3 is 2.61 bits per heavy atom. The Labute approximate surface area is 107 Å². The number of thiophene rings is 1. The molecule has 0 aliphatic rings. The fourth-order valence-corrected chi connectivity index (χ4v) is 2.52.